The molecule has 0 unspecified atom stereocenters. The van der Waals surface area contributed by atoms with Crippen molar-refractivity contribution in [1.29, 1.82) is 0 Å². The quantitative estimate of drug-likeness (QED) is 0.752. The molecular weight excluding hydrogens is 246 g/mol. The third kappa shape index (κ3) is 2.64. The molecule has 0 saturated heterocycles. The van der Waals surface area contributed by atoms with E-state index in [1.54, 1.807) is 12.1 Å². The molecule has 0 spiro atoms. The van der Waals surface area contributed by atoms with Gasteiger partial charge in [0, 0.05) is 4.47 Å². The second-order valence-corrected chi connectivity index (χ2v) is 3.41. The topological polar surface area (TPSA) is 9.23 Å². The number of rotatable bonds is 3. The van der Waals surface area contributed by atoms with Crippen LogP contribution in [0.25, 0.3) is 0 Å². The Bertz CT molecular complexity index is 267. The van der Waals surface area contributed by atoms with Gasteiger partial charge in [0.05, 0.1) is 5.88 Å². The summed E-state index contributed by atoms with van der Waals surface area (Å²) in [5.74, 6) is 0.212. The molecule has 0 heterocycles. The summed E-state index contributed by atoms with van der Waals surface area (Å²) >= 11 is 8.52. The van der Waals surface area contributed by atoms with E-state index in [-0.39, 0.29) is 11.6 Å². The van der Waals surface area contributed by atoms with Gasteiger partial charge < -0.3 is 4.74 Å². The Balaban J connectivity index is 2.72. The number of halogens is 3. The highest BCUT2D eigenvalue weighted by Crippen LogP contribution is 2.21. The lowest BCUT2D eigenvalue weighted by Crippen LogP contribution is -1.99. The average molecular weight is 253 g/mol. The lowest BCUT2D eigenvalue weighted by Gasteiger charge is -2.04. The fraction of sp³-hybridized carbons (Fsp3) is 0.250. The normalized spacial score (nSPS) is 9.92. The van der Waals surface area contributed by atoms with Crippen LogP contribution >= 0.6 is 27.5 Å². The standard InChI is InChI=1S/C8H7BrClFO/c9-6-1-2-8(7(11)5-6)12-4-3-10/h1-2,5H,3-4H2. The Labute approximate surface area is 83.6 Å². The minimum Gasteiger partial charge on any atom is -0.489 e. The van der Waals surface area contributed by atoms with Crippen LogP contribution in [0, 0.1) is 5.82 Å². The van der Waals surface area contributed by atoms with Crippen molar-refractivity contribution in [3.8, 4) is 5.75 Å². The molecule has 0 aliphatic carbocycles. The minimum absolute atomic E-state index is 0.235. The van der Waals surface area contributed by atoms with E-state index in [0.717, 1.165) is 0 Å². The number of alkyl halides is 1. The molecule has 66 valence electrons. The molecule has 12 heavy (non-hydrogen) atoms. The molecule has 0 atom stereocenters. The highest BCUT2D eigenvalue weighted by atomic mass is 79.9. The molecule has 0 saturated carbocycles. The fourth-order valence-electron chi connectivity index (χ4n) is 0.741. The summed E-state index contributed by atoms with van der Waals surface area (Å²) in [6, 6.07) is 4.63. The zero-order chi connectivity index (χ0) is 8.97. The van der Waals surface area contributed by atoms with Gasteiger partial charge in [-0.1, -0.05) is 15.9 Å². The van der Waals surface area contributed by atoms with E-state index in [2.05, 4.69) is 15.9 Å². The Morgan fingerprint density at radius 1 is 1.50 bits per heavy atom. The van der Waals surface area contributed by atoms with Crippen LogP contribution in [-0.2, 0) is 0 Å². The summed E-state index contributed by atoms with van der Waals surface area (Å²) in [4.78, 5) is 0. The van der Waals surface area contributed by atoms with E-state index in [0.29, 0.717) is 17.0 Å². The van der Waals surface area contributed by atoms with Crippen molar-refractivity contribution in [1.82, 2.24) is 0 Å². The molecule has 1 aromatic rings. The first kappa shape index (κ1) is 9.81. The van der Waals surface area contributed by atoms with Gasteiger partial charge in [-0.15, -0.1) is 11.6 Å². The summed E-state index contributed by atoms with van der Waals surface area (Å²) in [5.41, 5.74) is 0. The summed E-state index contributed by atoms with van der Waals surface area (Å²) in [5, 5.41) is 0. The average Bonchev–Trinajstić information content (AvgIpc) is 2.03. The Morgan fingerprint density at radius 3 is 2.83 bits per heavy atom. The first-order valence-corrected chi connectivity index (χ1v) is 4.70. The highest BCUT2D eigenvalue weighted by Gasteiger charge is 2.02. The summed E-state index contributed by atoms with van der Waals surface area (Å²) in [6.07, 6.45) is 0. The van der Waals surface area contributed by atoms with Crippen molar-refractivity contribution < 1.29 is 9.13 Å². The number of hydrogen-bond donors (Lipinski definition) is 0. The van der Waals surface area contributed by atoms with Crippen LogP contribution in [-0.4, -0.2) is 12.5 Å². The monoisotopic (exact) mass is 252 g/mol. The predicted molar refractivity (Wildman–Crippen MR) is 50.3 cm³/mol. The van der Waals surface area contributed by atoms with E-state index in [1.807, 2.05) is 0 Å². The van der Waals surface area contributed by atoms with E-state index >= 15 is 0 Å². The zero-order valence-electron chi connectivity index (χ0n) is 6.19. The molecule has 1 nitrogen and oxygen atoms in total. The molecule has 0 aliphatic heterocycles. The molecule has 0 aliphatic rings. The van der Waals surface area contributed by atoms with Crippen molar-refractivity contribution in [3.05, 3.63) is 28.5 Å². The Kier molecular flexibility index (Phi) is 3.82. The van der Waals surface area contributed by atoms with Crippen LogP contribution < -0.4 is 4.74 Å². The summed E-state index contributed by atoms with van der Waals surface area (Å²) < 4.78 is 18.7. The van der Waals surface area contributed by atoms with Crippen LogP contribution in [0.2, 0.25) is 0 Å². The SMILES string of the molecule is Fc1cc(Br)ccc1OCCCl. The van der Waals surface area contributed by atoms with Gasteiger partial charge in [0.15, 0.2) is 11.6 Å². The third-order valence-electron chi connectivity index (χ3n) is 1.23. The van der Waals surface area contributed by atoms with Gasteiger partial charge in [0.1, 0.15) is 6.61 Å². The van der Waals surface area contributed by atoms with Gasteiger partial charge in [-0.25, -0.2) is 4.39 Å². The van der Waals surface area contributed by atoms with E-state index in [9.17, 15) is 4.39 Å². The van der Waals surface area contributed by atoms with Crippen molar-refractivity contribution in [2.75, 3.05) is 12.5 Å². The molecule has 1 aromatic carbocycles. The van der Waals surface area contributed by atoms with E-state index < -0.39 is 0 Å². The van der Waals surface area contributed by atoms with Gasteiger partial charge >= 0.3 is 0 Å². The molecule has 0 aromatic heterocycles. The van der Waals surface area contributed by atoms with Gasteiger partial charge in [-0.2, -0.15) is 0 Å². The van der Waals surface area contributed by atoms with E-state index in [1.165, 1.54) is 6.07 Å². The number of hydrogen-bond acceptors (Lipinski definition) is 1. The smallest absolute Gasteiger partial charge is 0.166 e. The molecular formula is C8H7BrClFO. The van der Waals surface area contributed by atoms with Gasteiger partial charge in [-0.3, -0.25) is 0 Å². The molecule has 0 N–H and O–H groups in total. The molecule has 0 fully saturated rings. The maximum absolute atomic E-state index is 13.0. The lowest BCUT2D eigenvalue weighted by atomic mass is 10.3. The second kappa shape index (κ2) is 4.67. The van der Waals surface area contributed by atoms with Crippen LogP contribution in [0.15, 0.2) is 22.7 Å². The van der Waals surface area contributed by atoms with Crippen LogP contribution in [0.3, 0.4) is 0 Å². The minimum atomic E-state index is -0.380. The number of ether oxygens (including phenoxy) is 1. The van der Waals surface area contributed by atoms with Gasteiger partial charge in [0.25, 0.3) is 0 Å². The van der Waals surface area contributed by atoms with Crippen LogP contribution in [0.5, 0.6) is 5.75 Å². The maximum atomic E-state index is 13.0. The highest BCUT2D eigenvalue weighted by molar-refractivity contribution is 9.10. The predicted octanol–water partition coefficient (Wildman–Crippen LogP) is 3.21. The lowest BCUT2D eigenvalue weighted by molar-refractivity contribution is 0.323. The molecule has 0 amide bonds. The largest absolute Gasteiger partial charge is 0.489 e. The zero-order valence-corrected chi connectivity index (χ0v) is 8.53. The van der Waals surface area contributed by atoms with Crippen LogP contribution in [0.1, 0.15) is 0 Å². The van der Waals surface area contributed by atoms with E-state index in [4.69, 9.17) is 16.3 Å². The third-order valence-corrected chi connectivity index (χ3v) is 1.88. The van der Waals surface area contributed by atoms with Crippen molar-refractivity contribution in [3.63, 3.8) is 0 Å². The number of benzene rings is 1. The van der Waals surface area contributed by atoms with Crippen LogP contribution in [0.4, 0.5) is 4.39 Å². The molecule has 0 bridgehead atoms. The first-order valence-electron chi connectivity index (χ1n) is 3.38. The van der Waals surface area contributed by atoms with Gasteiger partial charge in [-0.05, 0) is 18.2 Å². The maximum Gasteiger partial charge on any atom is 0.166 e. The van der Waals surface area contributed by atoms with Crippen molar-refractivity contribution >= 4 is 27.5 Å². The van der Waals surface area contributed by atoms with Gasteiger partial charge in [0.2, 0.25) is 0 Å². The first-order chi connectivity index (χ1) is 5.74. The summed E-state index contributed by atoms with van der Waals surface area (Å²) in [6.45, 7) is 0.320. The summed E-state index contributed by atoms with van der Waals surface area (Å²) in [7, 11) is 0. The fourth-order valence-corrected chi connectivity index (χ4v) is 1.15. The molecule has 0 radical (unpaired) electrons. The molecule has 4 heteroatoms. The Hall–Kier alpha value is -0.280. The Morgan fingerprint density at radius 2 is 2.25 bits per heavy atom. The van der Waals surface area contributed by atoms with Crippen molar-refractivity contribution in [2.45, 2.75) is 0 Å². The van der Waals surface area contributed by atoms with Crippen molar-refractivity contribution in [2.24, 2.45) is 0 Å². The second-order valence-electron chi connectivity index (χ2n) is 2.11. The molecule has 1 rings (SSSR count).